The molecule has 1 amide bonds. The molecule has 0 fully saturated rings. The molecule has 0 spiro atoms. The van der Waals surface area contributed by atoms with E-state index in [2.05, 4.69) is 5.32 Å². The summed E-state index contributed by atoms with van der Waals surface area (Å²) in [5, 5.41) is 11.9. The number of carbonyl (C=O) groups excluding carboxylic acids is 1. The summed E-state index contributed by atoms with van der Waals surface area (Å²) in [5.74, 6) is -1.35. The van der Waals surface area contributed by atoms with Crippen LogP contribution in [0.15, 0.2) is 48.5 Å². The zero-order valence-corrected chi connectivity index (χ0v) is 15.6. The van der Waals surface area contributed by atoms with E-state index < -0.39 is 23.1 Å². The number of amides is 1. The van der Waals surface area contributed by atoms with Crippen molar-refractivity contribution in [3.05, 3.63) is 70.8 Å². The molecule has 0 unspecified atom stereocenters. The van der Waals surface area contributed by atoms with Crippen LogP contribution < -0.4 is 5.32 Å². The van der Waals surface area contributed by atoms with Crippen LogP contribution in [0.25, 0.3) is 0 Å². The van der Waals surface area contributed by atoms with Gasteiger partial charge in [0.1, 0.15) is 0 Å². The van der Waals surface area contributed by atoms with Crippen molar-refractivity contribution in [3.63, 3.8) is 0 Å². The van der Waals surface area contributed by atoms with Crippen LogP contribution in [0.5, 0.6) is 0 Å². The molecule has 150 valence electrons. The van der Waals surface area contributed by atoms with Crippen LogP contribution in [-0.4, -0.2) is 23.5 Å². The van der Waals surface area contributed by atoms with Gasteiger partial charge in [0.15, 0.2) is 0 Å². The molecule has 0 saturated carbocycles. The first-order valence-electron chi connectivity index (χ1n) is 8.76. The maximum atomic E-state index is 12.9. The van der Waals surface area contributed by atoms with Gasteiger partial charge in [0.05, 0.1) is 11.1 Å². The standard InChI is InChI=1S/C21H22F3NO3/c1-20(2,15-7-5-8-16(12-15)21(22,23)24)13-25-18(26)11-10-14-6-3-4-9-17(14)19(27)28/h3-9,12H,10-11,13H2,1-2H3,(H,25,26)(H,27,28). The third kappa shape index (κ3) is 5.58. The summed E-state index contributed by atoms with van der Waals surface area (Å²) < 4.78 is 38.7. The second kappa shape index (κ2) is 8.46. The number of aryl methyl sites for hydroxylation is 1. The first-order valence-corrected chi connectivity index (χ1v) is 8.76. The van der Waals surface area contributed by atoms with Gasteiger partial charge in [-0.05, 0) is 29.7 Å². The molecule has 2 N–H and O–H groups in total. The van der Waals surface area contributed by atoms with E-state index in [1.54, 1.807) is 38.1 Å². The maximum Gasteiger partial charge on any atom is 0.416 e. The van der Waals surface area contributed by atoms with Gasteiger partial charge in [-0.25, -0.2) is 4.79 Å². The minimum atomic E-state index is -4.42. The second-order valence-corrected chi connectivity index (χ2v) is 7.20. The number of hydrogen-bond donors (Lipinski definition) is 2. The second-order valence-electron chi connectivity index (χ2n) is 7.20. The fourth-order valence-corrected chi connectivity index (χ4v) is 2.82. The molecule has 2 aromatic rings. The molecule has 0 bridgehead atoms. The van der Waals surface area contributed by atoms with Gasteiger partial charge in [-0.1, -0.05) is 50.2 Å². The Morgan fingerprint density at radius 2 is 1.64 bits per heavy atom. The first-order chi connectivity index (χ1) is 13.0. The lowest BCUT2D eigenvalue weighted by Crippen LogP contribution is -2.37. The summed E-state index contributed by atoms with van der Waals surface area (Å²) in [6.45, 7) is 3.67. The summed E-state index contributed by atoms with van der Waals surface area (Å²) in [4.78, 5) is 23.4. The van der Waals surface area contributed by atoms with Crippen LogP contribution in [0.3, 0.4) is 0 Å². The lowest BCUT2D eigenvalue weighted by Gasteiger charge is -2.26. The van der Waals surface area contributed by atoms with E-state index in [-0.39, 0.29) is 30.9 Å². The fourth-order valence-electron chi connectivity index (χ4n) is 2.82. The third-order valence-electron chi connectivity index (χ3n) is 4.57. The van der Waals surface area contributed by atoms with E-state index in [4.69, 9.17) is 5.11 Å². The minimum absolute atomic E-state index is 0.0863. The van der Waals surface area contributed by atoms with Crippen molar-refractivity contribution >= 4 is 11.9 Å². The Balaban J connectivity index is 1.98. The number of aromatic carboxylic acids is 1. The molecule has 0 aliphatic heterocycles. The van der Waals surface area contributed by atoms with Crippen LogP contribution in [-0.2, 0) is 22.8 Å². The predicted molar refractivity (Wildman–Crippen MR) is 99.2 cm³/mol. The normalized spacial score (nSPS) is 11.9. The summed E-state index contributed by atoms with van der Waals surface area (Å²) >= 11 is 0. The number of benzene rings is 2. The molecule has 0 saturated heterocycles. The summed E-state index contributed by atoms with van der Waals surface area (Å²) in [6, 6.07) is 11.5. The molecule has 4 nitrogen and oxygen atoms in total. The van der Waals surface area contributed by atoms with Gasteiger partial charge in [-0.2, -0.15) is 13.2 Å². The molecule has 2 aromatic carbocycles. The SMILES string of the molecule is CC(C)(CNC(=O)CCc1ccccc1C(=O)O)c1cccc(C(F)(F)F)c1. The summed E-state index contributed by atoms with van der Waals surface area (Å²) in [5.41, 5.74) is -0.244. The summed E-state index contributed by atoms with van der Waals surface area (Å²) in [7, 11) is 0. The highest BCUT2D eigenvalue weighted by atomic mass is 19.4. The van der Waals surface area contributed by atoms with Crippen LogP contribution in [0.1, 0.15) is 47.3 Å². The molecular formula is C21H22F3NO3. The van der Waals surface area contributed by atoms with Crippen molar-refractivity contribution in [2.24, 2.45) is 0 Å². The Morgan fingerprint density at radius 3 is 2.29 bits per heavy atom. The van der Waals surface area contributed by atoms with Crippen LogP contribution in [0.4, 0.5) is 13.2 Å². The van der Waals surface area contributed by atoms with Crippen molar-refractivity contribution in [1.29, 1.82) is 0 Å². The number of carboxylic acid groups (broad SMARTS) is 1. The van der Waals surface area contributed by atoms with Gasteiger partial charge in [0.25, 0.3) is 0 Å². The first kappa shape index (κ1) is 21.5. The third-order valence-corrected chi connectivity index (χ3v) is 4.57. The van der Waals surface area contributed by atoms with E-state index in [0.717, 1.165) is 12.1 Å². The zero-order chi connectivity index (χ0) is 20.9. The Kier molecular flexibility index (Phi) is 6.48. The molecule has 28 heavy (non-hydrogen) atoms. The monoisotopic (exact) mass is 393 g/mol. The Hall–Kier alpha value is -2.83. The van der Waals surface area contributed by atoms with Gasteiger partial charge < -0.3 is 10.4 Å². The van der Waals surface area contributed by atoms with E-state index in [0.29, 0.717) is 11.1 Å². The van der Waals surface area contributed by atoms with Crippen molar-refractivity contribution in [2.75, 3.05) is 6.54 Å². The largest absolute Gasteiger partial charge is 0.478 e. The fraction of sp³-hybridized carbons (Fsp3) is 0.333. The lowest BCUT2D eigenvalue weighted by atomic mass is 9.83. The number of carboxylic acids is 1. The molecule has 0 aliphatic carbocycles. The van der Waals surface area contributed by atoms with Gasteiger partial charge in [0, 0.05) is 18.4 Å². The number of halogens is 3. The van der Waals surface area contributed by atoms with Crippen LogP contribution in [0.2, 0.25) is 0 Å². The molecule has 2 rings (SSSR count). The lowest BCUT2D eigenvalue weighted by molar-refractivity contribution is -0.137. The number of hydrogen-bond acceptors (Lipinski definition) is 2. The van der Waals surface area contributed by atoms with Gasteiger partial charge in [-0.15, -0.1) is 0 Å². The van der Waals surface area contributed by atoms with Crippen LogP contribution in [0, 0.1) is 0 Å². The smallest absolute Gasteiger partial charge is 0.416 e. The van der Waals surface area contributed by atoms with Crippen molar-refractivity contribution < 1.29 is 27.9 Å². The quantitative estimate of drug-likeness (QED) is 0.731. The number of alkyl halides is 3. The van der Waals surface area contributed by atoms with Gasteiger partial charge >= 0.3 is 12.1 Å². The van der Waals surface area contributed by atoms with Crippen LogP contribution >= 0.6 is 0 Å². The predicted octanol–water partition coefficient (Wildman–Crippen LogP) is 4.43. The van der Waals surface area contributed by atoms with Gasteiger partial charge in [-0.3, -0.25) is 4.79 Å². The molecule has 7 heteroatoms. The Labute approximate surface area is 161 Å². The Morgan fingerprint density at radius 1 is 1.00 bits per heavy atom. The molecular weight excluding hydrogens is 371 g/mol. The zero-order valence-electron chi connectivity index (χ0n) is 15.6. The average molecular weight is 393 g/mol. The molecule has 0 radical (unpaired) electrons. The molecule has 0 atom stereocenters. The number of rotatable bonds is 7. The number of carbonyl (C=O) groups is 2. The highest BCUT2D eigenvalue weighted by Crippen LogP contribution is 2.32. The topological polar surface area (TPSA) is 66.4 Å². The number of nitrogens with one attached hydrogen (secondary N) is 1. The van der Waals surface area contributed by atoms with E-state index in [9.17, 15) is 22.8 Å². The molecule has 0 heterocycles. The van der Waals surface area contributed by atoms with E-state index in [1.165, 1.54) is 12.1 Å². The average Bonchev–Trinajstić information content (AvgIpc) is 2.64. The van der Waals surface area contributed by atoms with Crippen molar-refractivity contribution in [3.8, 4) is 0 Å². The van der Waals surface area contributed by atoms with E-state index >= 15 is 0 Å². The Bertz CT molecular complexity index is 860. The van der Waals surface area contributed by atoms with Gasteiger partial charge in [0.2, 0.25) is 5.91 Å². The molecule has 0 aromatic heterocycles. The summed E-state index contributed by atoms with van der Waals surface area (Å²) in [6.07, 6.45) is -4.08. The highest BCUT2D eigenvalue weighted by Gasteiger charge is 2.32. The van der Waals surface area contributed by atoms with E-state index in [1.807, 2.05) is 0 Å². The maximum absolute atomic E-state index is 12.9. The van der Waals surface area contributed by atoms with Crippen molar-refractivity contribution in [2.45, 2.75) is 38.3 Å². The minimum Gasteiger partial charge on any atom is -0.478 e. The van der Waals surface area contributed by atoms with Crippen molar-refractivity contribution in [1.82, 2.24) is 5.32 Å². The molecule has 0 aliphatic rings. The highest BCUT2D eigenvalue weighted by molar-refractivity contribution is 5.89.